The highest BCUT2D eigenvalue weighted by Gasteiger charge is 2.14. The molecule has 0 aliphatic carbocycles. The van der Waals surface area contributed by atoms with Crippen LogP contribution in [-0.4, -0.2) is 25.7 Å². The van der Waals surface area contributed by atoms with E-state index in [-0.39, 0.29) is 12.4 Å². The molecule has 0 aliphatic rings. The molecule has 0 spiro atoms. The van der Waals surface area contributed by atoms with Crippen molar-refractivity contribution in [2.75, 3.05) is 13.7 Å². The number of rotatable bonds is 5. The highest BCUT2D eigenvalue weighted by molar-refractivity contribution is 5.91. The van der Waals surface area contributed by atoms with Gasteiger partial charge in [-0.1, -0.05) is 6.07 Å². The molecular formula is C14H15NO4. The van der Waals surface area contributed by atoms with Gasteiger partial charge < -0.3 is 9.47 Å². The van der Waals surface area contributed by atoms with Crippen LogP contribution in [0.1, 0.15) is 34.8 Å². The van der Waals surface area contributed by atoms with Gasteiger partial charge in [0.2, 0.25) is 0 Å². The number of nitrogens with zero attached hydrogens (tertiary/aromatic N) is 1. The van der Waals surface area contributed by atoms with Crippen LogP contribution >= 0.6 is 0 Å². The Morgan fingerprint density at radius 1 is 1.37 bits per heavy atom. The lowest BCUT2D eigenvalue weighted by molar-refractivity contribution is -0.143. The molecule has 0 unspecified atom stereocenters. The standard InChI is InChI=1S/C14H15NO4/c1-3-19-13(16)7-6-11-5-4-10(9-15)8-12(11)14(17)18-2/h4-5,8H,3,6-7H2,1-2H3. The van der Waals surface area contributed by atoms with Gasteiger partial charge in [0, 0.05) is 6.42 Å². The van der Waals surface area contributed by atoms with Gasteiger partial charge in [0.1, 0.15) is 0 Å². The fraction of sp³-hybridized carbons (Fsp3) is 0.357. The lowest BCUT2D eigenvalue weighted by Gasteiger charge is -2.08. The van der Waals surface area contributed by atoms with Crippen molar-refractivity contribution in [2.45, 2.75) is 19.8 Å². The van der Waals surface area contributed by atoms with Crippen LogP contribution in [0, 0.1) is 11.3 Å². The molecule has 5 nitrogen and oxygen atoms in total. The van der Waals surface area contributed by atoms with Gasteiger partial charge in [-0.15, -0.1) is 0 Å². The molecule has 1 aromatic rings. The van der Waals surface area contributed by atoms with Crippen molar-refractivity contribution in [1.29, 1.82) is 5.26 Å². The topological polar surface area (TPSA) is 76.4 Å². The number of hydrogen-bond donors (Lipinski definition) is 0. The molecule has 0 bridgehead atoms. The normalized spacial score (nSPS) is 9.53. The van der Waals surface area contributed by atoms with E-state index in [1.807, 2.05) is 6.07 Å². The molecule has 0 aliphatic heterocycles. The molecular weight excluding hydrogens is 246 g/mol. The Kier molecular flexibility index (Phi) is 5.55. The first-order chi connectivity index (χ1) is 9.12. The van der Waals surface area contributed by atoms with E-state index in [9.17, 15) is 9.59 Å². The largest absolute Gasteiger partial charge is 0.466 e. The van der Waals surface area contributed by atoms with Crippen molar-refractivity contribution in [3.05, 3.63) is 34.9 Å². The number of benzene rings is 1. The first kappa shape index (κ1) is 14.7. The molecule has 0 radical (unpaired) electrons. The van der Waals surface area contributed by atoms with Crippen LogP contribution < -0.4 is 0 Å². The Balaban J connectivity index is 2.91. The van der Waals surface area contributed by atoms with Crippen molar-refractivity contribution < 1.29 is 19.1 Å². The zero-order valence-electron chi connectivity index (χ0n) is 10.9. The van der Waals surface area contributed by atoms with Gasteiger partial charge in [-0.3, -0.25) is 4.79 Å². The van der Waals surface area contributed by atoms with Crippen LogP contribution in [0.25, 0.3) is 0 Å². The van der Waals surface area contributed by atoms with E-state index < -0.39 is 5.97 Å². The third kappa shape index (κ3) is 4.11. The highest BCUT2D eigenvalue weighted by Crippen LogP contribution is 2.15. The number of hydrogen-bond acceptors (Lipinski definition) is 5. The summed E-state index contributed by atoms with van der Waals surface area (Å²) >= 11 is 0. The molecule has 0 saturated heterocycles. The number of methoxy groups -OCH3 is 1. The number of ether oxygens (including phenoxy) is 2. The van der Waals surface area contributed by atoms with Crippen LogP contribution in [0.3, 0.4) is 0 Å². The minimum atomic E-state index is -0.518. The SMILES string of the molecule is CCOC(=O)CCc1ccc(C#N)cc1C(=O)OC. The molecule has 0 amide bonds. The van der Waals surface area contributed by atoms with Gasteiger partial charge in [0.05, 0.1) is 30.9 Å². The minimum Gasteiger partial charge on any atom is -0.466 e. The quantitative estimate of drug-likeness (QED) is 0.756. The van der Waals surface area contributed by atoms with E-state index in [0.29, 0.717) is 29.7 Å². The Hall–Kier alpha value is -2.35. The fourth-order valence-electron chi connectivity index (χ4n) is 1.63. The fourth-order valence-corrected chi connectivity index (χ4v) is 1.63. The number of carbonyl (C=O) groups excluding carboxylic acids is 2. The molecule has 1 aromatic carbocycles. The lowest BCUT2D eigenvalue weighted by atomic mass is 10.0. The molecule has 19 heavy (non-hydrogen) atoms. The second kappa shape index (κ2) is 7.17. The number of esters is 2. The molecule has 0 aromatic heterocycles. The van der Waals surface area contributed by atoms with Gasteiger partial charge in [-0.2, -0.15) is 5.26 Å². The molecule has 5 heteroatoms. The lowest BCUT2D eigenvalue weighted by Crippen LogP contribution is -2.10. The summed E-state index contributed by atoms with van der Waals surface area (Å²) in [5.74, 6) is -0.835. The minimum absolute atomic E-state index is 0.184. The van der Waals surface area contributed by atoms with Crippen LogP contribution in [-0.2, 0) is 20.7 Å². The van der Waals surface area contributed by atoms with E-state index in [1.54, 1.807) is 19.1 Å². The zero-order chi connectivity index (χ0) is 14.3. The first-order valence-corrected chi connectivity index (χ1v) is 5.89. The van der Waals surface area contributed by atoms with Gasteiger partial charge in [0.15, 0.2) is 0 Å². The third-order valence-electron chi connectivity index (χ3n) is 2.55. The summed E-state index contributed by atoms with van der Waals surface area (Å²) in [6.45, 7) is 2.07. The van der Waals surface area contributed by atoms with Crippen molar-refractivity contribution in [2.24, 2.45) is 0 Å². The van der Waals surface area contributed by atoms with Crippen LogP contribution in [0.4, 0.5) is 0 Å². The molecule has 0 heterocycles. The van der Waals surface area contributed by atoms with Gasteiger partial charge in [-0.25, -0.2) is 4.79 Å². The van der Waals surface area contributed by atoms with E-state index in [2.05, 4.69) is 4.74 Å². The molecule has 1 rings (SSSR count). The number of nitriles is 1. The molecule has 0 atom stereocenters. The van der Waals surface area contributed by atoms with E-state index in [1.165, 1.54) is 13.2 Å². The van der Waals surface area contributed by atoms with E-state index in [0.717, 1.165) is 0 Å². The Bertz CT molecular complexity index is 517. The average Bonchev–Trinajstić information content (AvgIpc) is 2.44. The van der Waals surface area contributed by atoms with Gasteiger partial charge >= 0.3 is 11.9 Å². The van der Waals surface area contributed by atoms with Crippen molar-refractivity contribution in [1.82, 2.24) is 0 Å². The van der Waals surface area contributed by atoms with E-state index in [4.69, 9.17) is 10.00 Å². The first-order valence-electron chi connectivity index (χ1n) is 5.89. The molecule has 0 fully saturated rings. The summed E-state index contributed by atoms with van der Waals surface area (Å²) in [6, 6.07) is 6.68. The van der Waals surface area contributed by atoms with Crippen molar-refractivity contribution in [3.8, 4) is 6.07 Å². The molecule has 0 N–H and O–H groups in total. The second-order valence-corrected chi connectivity index (χ2v) is 3.78. The van der Waals surface area contributed by atoms with E-state index >= 15 is 0 Å². The van der Waals surface area contributed by atoms with Crippen LogP contribution in [0.15, 0.2) is 18.2 Å². The Morgan fingerprint density at radius 2 is 2.11 bits per heavy atom. The third-order valence-corrected chi connectivity index (χ3v) is 2.55. The van der Waals surface area contributed by atoms with Gasteiger partial charge in [-0.05, 0) is 31.0 Å². The van der Waals surface area contributed by atoms with Gasteiger partial charge in [0.25, 0.3) is 0 Å². The maximum atomic E-state index is 11.6. The maximum Gasteiger partial charge on any atom is 0.338 e. The summed E-state index contributed by atoms with van der Waals surface area (Å²) in [5.41, 5.74) is 1.35. The smallest absolute Gasteiger partial charge is 0.338 e. The average molecular weight is 261 g/mol. The summed E-state index contributed by atoms with van der Waals surface area (Å²) < 4.78 is 9.49. The Morgan fingerprint density at radius 3 is 2.68 bits per heavy atom. The van der Waals surface area contributed by atoms with Crippen molar-refractivity contribution in [3.63, 3.8) is 0 Å². The summed E-state index contributed by atoms with van der Waals surface area (Å²) in [6.07, 6.45) is 0.554. The predicted octanol–water partition coefficient (Wildman–Crippen LogP) is 1.84. The van der Waals surface area contributed by atoms with Crippen LogP contribution in [0.5, 0.6) is 0 Å². The predicted molar refractivity (Wildman–Crippen MR) is 67.5 cm³/mol. The van der Waals surface area contributed by atoms with Crippen molar-refractivity contribution >= 4 is 11.9 Å². The second-order valence-electron chi connectivity index (χ2n) is 3.78. The number of aryl methyl sites for hydroxylation is 1. The summed E-state index contributed by atoms with van der Waals surface area (Å²) in [4.78, 5) is 22.9. The Labute approximate surface area is 111 Å². The monoisotopic (exact) mass is 261 g/mol. The summed E-state index contributed by atoms with van der Waals surface area (Å²) in [7, 11) is 1.27. The highest BCUT2D eigenvalue weighted by atomic mass is 16.5. The zero-order valence-corrected chi connectivity index (χ0v) is 10.9. The van der Waals surface area contributed by atoms with Crippen LogP contribution in [0.2, 0.25) is 0 Å². The number of carbonyl (C=O) groups is 2. The molecule has 100 valence electrons. The maximum absolute atomic E-state index is 11.6. The summed E-state index contributed by atoms with van der Waals surface area (Å²) in [5, 5.41) is 8.82. The molecule has 0 saturated carbocycles.